The van der Waals surface area contributed by atoms with Gasteiger partial charge in [0.05, 0.1) is 36.9 Å². The first-order chi connectivity index (χ1) is 19.3. The zero-order valence-corrected chi connectivity index (χ0v) is 25.1. The van der Waals surface area contributed by atoms with Crippen LogP contribution in [0.3, 0.4) is 0 Å². The average Bonchev–Trinajstić information content (AvgIpc) is 2.96. The first-order valence-electron chi connectivity index (χ1n) is 14.5. The number of hydrogen-bond donors (Lipinski definition) is 0. The second-order valence-corrected chi connectivity index (χ2v) is 10.6. The predicted octanol–water partition coefficient (Wildman–Crippen LogP) is 5.99. The number of benzene rings is 2. The van der Waals surface area contributed by atoms with Crippen molar-refractivity contribution in [2.75, 3.05) is 41.4 Å². The van der Waals surface area contributed by atoms with E-state index in [0.29, 0.717) is 53.4 Å². The van der Waals surface area contributed by atoms with Crippen LogP contribution >= 0.6 is 0 Å². The van der Waals surface area contributed by atoms with Gasteiger partial charge in [0.2, 0.25) is 5.91 Å². The maximum Gasteiger partial charge on any atom is 0.266 e. The third-order valence-electron chi connectivity index (χ3n) is 7.38. The Morgan fingerprint density at radius 3 is 2.15 bits per heavy atom. The van der Waals surface area contributed by atoms with Crippen LogP contribution in [-0.2, 0) is 4.79 Å². The summed E-state index contributed by atoms with van der Waals surface area (Å²) in [6, 6.07) is 12.2. The van der Waals surface area contributed by atoms with Crippen molar-refractivity contribution in [3.8, 4) is 17.2 Å². The molecular weight excluding hydrogens is 504 g/mol. The van der Waals surface area contributed by atoms with E-state index in [0.717, 1.165) is 19.3 Å². The van der Waals surface area contributed by atoms with Crippen molar-refractivity contribution >= 4 is 16.8 Å². The first kappa shape index (κ1) is 31.1. The summed E-state index contributed by atoms with van der Waals surface area (Å²) in [5.74, 6) is 1.90. The van der Waals surface area contributed by atoms with E-state index in [9.17, 15) is 9.59 Å². The van der Waals surface area contributed by atoms with E-state index in [1.165, 1.54) is 25.7 Å². The van der Waals surface area contributed by atoms with Crippen molar-refractivity contribution in [1.82, 2.24) is 19.4 Å². The van der Waals surface area contributed by atoms with Crippen LogP contribution < -0.4 is 15.0 Å². The van der Waals surface area contributed by atoms with Gasteiger partial charge in [0.25, 0.3) is 5.56 Å². The van der Waals surface area contributed by atoms with Gasteiger partial charge < -0.3 is 19.3 Å². The number of likely N-dealkylation sites (N-methyl/N-ethyl adjacent to an activating group) is 1. The third-order valence-corrected chi connectivity index (χ3v) is 7.38. The Balaban J connectivity index is 1.99. The molecule has 0 N–H and O–H groups in total. The van der Waals surface area contributed by atoms with Gasteiger partial charge >= 0.3 is 0 Å². The van der Waals surface area contributed by atoms with Gasteiger partial charge in [-0.15, -0.1) is 0 Å². The summed E-state index contributed by atoms with van der Waals surface area (Å²) in [4.78, 5) is 36.5. The van der Waals surface area contributed by atoms with Crippen LogP contribution in [0.4, 0.5) is 0 Å². The Hall–Kier alpha value is -3.39. The number of carbonyl (C=O) groups excluding carboxylic acids is 1. The molecule has 0 saturated heterocycles. The Kier molecular flexibility index (Phi) is 12.0. The molecule has 3 aromatic rings. The lowest BCUT2D eigenvalue weighted by Crippen LogP contribution is -2.40. The molecule has 1 atom stereocenters. The highest BCUT2D eigenvalue weighted by Crippen LogP contribution is 2.26. The minimum atomic E-state index is -0.418. The number of unbranched alkanes of at least 4 members (excludes halogenated alkanes) is 6. The van der Waals surface area contributed by atoms with E-state index in [2.05, 4.69) is 11.8 Å². The summed E-state index contributed by atoms with van der Waals surface area (Å²) in [6.45, 7) is 5.44. The fourth-order valence-electron chi connectivity index (χ4n) is 4.93. The van der Waals surface area contributed by atoms with Gasteiger partial charge in [-0.05, 0) is 69.9 Å². The van der Waals surface area contributed by atoms with Crippen LogP contribution in [0.15, 0.2) is 47.3 Å². The monoisotopic (exact) mass is 550 g/mol. The number of aromatic nitrogens is 2. The van der Waals surface area contributed by atoms with Crippen molar-refractivity contribution < 1.29 is 14.3 Å². The van der Waals surface area contributed by atoms with Gasteiger partial charge in [-0.3, -0.25) is 14.2 Å². The molecular formula is C32H46N4O4. The molecule has 2 aromatic carbocycles. The molecule has 218 valence electrons. The van der Waals surface area contributed by atoms with Crippen molar-refractivity contribution in [3.05, 3.63) is 58.6 Å². The quantitative estimate of drug-likeness (QED) is 0.204. The van der Waals surface area contributed by atoms with Crippen molar-refractivity contribution in [3.63, 3.8) is 0 Å². The van der Waals surface area contributed by atoms with Crippen molar-refractivity contribution in [2.45, 2.75) is 71.3 Å². The SMILES string of the molecule is CCCCCCCCCC(=O)N(CCN(C)C)C(C)c1nc2ccc(OC)cc2c(=O)n1-c1ccc(OC)cc1. The summed E-state index contributed by atoms with van der Waals surface area (Å²) in [5.41, 5.74) is 1.03. The summed E-state index contributed by atoms with van der Waals surface area (Å²) < 4.78 is 12.3. The maximum atomic E-state index is 14.0. The van der Waals surface area contributed by atoms with E-state index in [1.54, 1.807) is 37.0 Å². The lowest BCUT2D eigenvalue weighted by Gasteiger charge is -2.31. The standard InChI is InChI=1S/C32H46N4O4/c1-7-8-9-10-11-12-13-14-30(37)35(22-21-34(3)4)24(2)31-33-29-20-19-27(40-6)23-28(29)32(38)36(31)25-15-17-26(39-5)18-16-25/h15-20,23-24H,7-14,21-22H2,1-6H3. The topological polar surface area (TPSA) is 76.9 Å². The van der Waals surface area contributed by atoms with Crippen molar-refractivity contribution in [1.29, 1.82) is 0 Å². The number of ether oxygens (including phenoxy) is 2. The van der Waals surface area contributed by atoms with Crippen LogP contribution in [0.25, 0.3) is 16.6 Å². The van der Waals surface area contributed by atoms with Gasteiger partial charge in [-0.2, -0.15) is 0 Å². The highest BCUT2D eigenvalue weighted by atomic mass is 16.5. The Bertz CT molecular complexity index is 1290. The molecule has 1 amide bonds. The molecule has 0 saturated carbocycles. The van der Waals surface area contributed by atoms with Gasteiger partial charge in [-0.1, -0.05) is 45.4 Å². The van der Waals surface area contributed by atoms with Crippen LogP contribution in [0, 0.1) is 0 Å². The molecule has 0 bridgehead atoms. The predicted molar refractivity (Wildman–Crippen MR) is 162 cm³/mol. The highest BCUT2D eigenvalue weighted by molar-refractivity contribution is 5.80. The molecule has 8 heteroatoms. The third kappa shape index (κ3) is 8.07. The molecule has 1 heterocycles. The smallest absolute Gasteiger partial charge is 0.266 e. The number of amides is 1. The van der Waals surface area contributed by atoms with E-state index in [4.69, 9.17) is 14.5 Å². The molecule has 0 aliphatic carbocycles. The summed E-state index contributed by atoms with van der Waals surface area (Å²) in [5, 5.41) is 0.459. The minimum Gasteiger partial charge on any atom is -0.497 e. The Morgan fingerprint density at radius 1 is 0.900 bits per heavy atom. The summed E-state index contributed by atoms with van der Waals surface area (Å²) in [7, 11) is 7.18. The van der Waals surface area contributed by atoms with Crippen LogP contribution in [-0.4, -0.2) is 66.7 Å². The number of methoxy groups -OCH3 is 2. The molecule has 40 heavy (non-hydrogen) atoms. The molecule has 3 rings (SSSR count). The lowest BCUT2D eigenvalue weighted by atomic mass is 10.1. The minimum absolute atomic E-state index is 0.0910. The van der Waals surface area contributed by atoms with Gasteiger partial charge in [-0.25, -0.2) is 4.98 Å². The highest BCUT2D eigenvalue weighted by Gasteiger charge is 2.27. The van der Waals surface area contributed by atoms with Gasteiger partial charge in [0.15, 0.2) is 0 Å². The molecule has 0 aliphatic rings. The molecule has 8 nitrogen and oxygen atoms in total. The van der Waals surface area contributed by atoms with Gasteiger partial charge in [0.1, 0.15) is 17.3 Å². The molecule has 0 spiro atoms. The van der Waals surface area contributed by atoms with E-state index < -0.39 is 6.04 Å². The molecule has 1 aromatic heterocycles. The summed E-state index contributed by atoms with van der Waals surface area (Å²) in [6.07, 6.45) is 8.56. The zero-order chi connectivity index (χ0) is 29.1. The fraction of sp³-hybridized carbons (Fsp3) is 0.531. The molecule has 0 fully saturated rings. The summed E-state index contributed by atoms with van der Waals surface area (Å²) >= 11 is 0. The van der Waals surface area contributed by atoms with Crippen LogP contribution in [0.5, 0.6) is 11.5 Å². The normalized spacial score (nSPS) is 12.1. The zero-order valence-electron chi connectivity index (χ0n) is 25.1. The number of hydrogen-bond acceptors (Lipinski definition) is 6. The van der Waals surface area contributed by atoms with E-state index in [1.807, 2.05) is 50.2 Å². The Labute approximate surface area is 238 Å². The molecule has 0 radical (unpaired) electrons. The number of fused-ring (bicyclic) bond motifs is 1. The molecule has 1 unspecified atom stereocenters. The van der Waals surface area contributed by atoms with E-state index in [-0.39, 0.29) is 11.5 Å². The number of nitrogens with zero attached hydrogens (tertiary/aromatic N) is 4. The number of rotatable bonds is 16. The fourth-order valence-corrected chi connectivity index (χ4v) is 4.93. The van der Waals surface area contributed by atoms with Crippen LogP contribution in [0.2, 0.25) is 0 Å². The van der Waals surface area contributed by atoms with Gasteiger partial charge in [0, 0.05) is 19.5 Å². The Morgan fingerprint density at radius 2 is 1.52 bits per heavy atom. The first-order valence-corrected chi connectivity index (χ1v) is 14.5. The maximum absolute atomic E-state index is 14.0. The van der Waals surface area contributed by atoms with Crippen LogP contribution in [0.1, 0.15) is 77.1 Å². The lowest BCUT2D eigenvalue weighted by molar-refractivity contribution is -0.133. The second kappa shape index (κ2) is 15.4. The largest absolute Gasteiger partial charge is 0.497 e. The number of carbonyl (C=O) groups is 1. The van der Waals surface area contributed by atoms with E-state index >= 15 is 0 Å². The second-order valence-electron chi connectivity index (χ2n) is 10.6. The van der Waals surface area contributed by atoms with Crippen molar-refractivity contribution in [2.24, 2.45) is 0 Å². The molecule has 0 aliphatic heterocycles. The average molecular weight is 551 g/mol.